The molecule has 0 bridgehead atoms. The van der Waals surface area contributed by atoms with Crippen LogP contribution in [0.4, 0.5) is 0 Å². The summed E-state index contributed by atoms with van der Waals surface area (Å²) in [5, 5.41) is 3.23. The first-order chi connectivity index (χ1) is 11.3. The molecule has 0 saturated carbocycles. The molecule has 1 amide bonds. The van der Waals surface area contributed by atoms with Crippen molar-refractivity contribution in [1.82, 2.24) is 15.1 Å². The van der Waals surface area contributed by atoms with E-state index in [1.807, 2.05) is 0 Å². The Balaban J connectivity index is 1.82. The first-order valence-electron chi connectivity index (χ1n) is 9.45. The number of carbonyl (C=O) groups is 1. The van der Waals surface area contributed by atoms with E-state index in [0.717, 1.165) is 32.4 Å². The molecule has 0 aromatic carbocycles. The van der Waals surface area contributed by atoms with E-state index in [2.05, 4.69) is 28.0 Å². The standard InChI is InChI=1S/C19H33N3O/c1-3-5-13-21-14-8-6-10-17(21)16-20-19(23)18-11-7-9-15-22(18)12-4-2/h2,17-18H,3,5-16H2,1H3,(H,20,23). The molecule has 2 fully saturated rings. The van der Waals surface area contributed by atoms with Gasteiger partial charge in [-0.3, -0.25) is 14.6 Å². The molecule has 2 aliphatic rings. The SMILES string of the molecule is C#CCN1CCCCC1C(=O)NCC1CCCCN1CCCC. The molecule has 2 atom stereocenters. The average Bonchev–Trinajstić information content (AvgIpc) is 2.59. The van der Waals surface area contributed by atoms with Gasteiger partial charge in [-0.25, -0.2) is 0 Å². The zero-order valence-electron chi connectivity index (χ0n) is 14.7. The molecular weight excluding hydrogens is 286 g/mol. The third-order valence-electron chi connectivity index (χ3n) is 5.27. The van der Waals surface area contributed by atoms with Crippen LogP contribution in [0.2, 0.25) is 0 Å². The third kappa shape index (κ3) is 5.51. The van der Waals surface area contributed by atoms with Gasteiger partial charge in [-0.2, -0.15) is 0 Å². The van der Waals surface area contributed by atoms with Crippen LogP contribution in [0.25, 0.3) is 0 Å². The van der Waals surface area contributed by atoms with Crippen molar-refractivity contribution in [3.05, 3.63) is 0 Å². The van der Waals surface area contributed by atoms with E-state index >= 15 is 0 Å². The van der Waals surface area contributed by atoms with Gasteiger partial charge < -0.3 is 5.32 Å². The summed E-state index contributed by atoms with van der Waals surface area (Å²) in [5.41, 5.74) is 0. The number of terminal acetylenes is 1. The fourth-order valence-corrected chi connectivity index (χ4v) is 3.88. The van der Waals surface area contributed by atoms with Gasteiger partial charge in [0, 0.05) is 12.6 Å². The van der Waals surface area contributed by atoms with E-state index in [-0.39, 0.29) is 11.9 Å². The summed E-state index contributed by atoms with van der Waals surface area (Å²) in [4.78, 5) is 17.3. The van der Waals surface area contributed by atoms with Crippen molar-refractivity contribution in [1.29, 1.82) is 0 Å². The predicted molar refractivity (Wildman–Crippen MR) is 95.2 cm³/mol. The molecule has 2 rings (SSSR count). The highest BCUT2D eigenvalue weighted by atomic mass is 16.2. The second kappa shape index (κ2) is 9.95. The Labute approximate surface area is 142 Å². The van der Waals surface area contributed by atoms with Crippen LogP contribution in [0.15, 0.2) is 0 Å². The summed E-state index contributed by atoms with van der Waals surface area (Å²) in [7, 11) is 0. The van der Waals surface area contributed by atoms with Crippen molar-refractivity contribution in [2.45, 2.75) is 70.4 Å². The molecule has 0 radical (unpaired) electrons. The normalized spacial score (nSPS) is 26.6. The van der Waals surface area contributed by atoms with Gasteiger partial charge in [0.25, 0.3) is 0 Å². The lowest BCUT2D eigenvalue weighted by molar-refractivity contribution is -0.127. The van der Waals surface area contributed by atoms with Crippen LogP contribution in [0.5, 0.6) is 0 Å². The monoisotopic (exact) mass is 319 g/mol. The van der Waals surface area contributed by atoms with Gasteiger partial charge in [-0.05, 0) is 51.7 Å². The Kier molecular flexibility index (Phi) is 7.91. The topological polar surface area (TPSA) is 35.6 Å². The highest BCUT2D eigenvalue weighted by Crippen LogP contribution is 2.19. The molecular formula is C19H33N3O. The van der Waals surface area contributed by atoms with Crippen molar-refractivity contribution in [3.8, 4) is 12.3 Å². The minimum atomic E-state index is -0.0208. The molecule has 0 aromatic rings. The maximum absolute atomic E-state index is 12.6. The van der Waals surface area contributed by atoms with Crippen molar-refractivity contribution in [2.75, 3.05) is 32.7 Å². The van der Waals surface area contributed by atoms with Gasteiger partial charge in [0.05, 0.1) is 12.6 Å². The molecule has 0 aliphatic carbocycles. The Hall–Kier alpha value is -1.05. The highest BCUT2D eigenvalue weighted by Gasteiger charge is 2.29. The largest absolute Gasteiger partial charge is 0.353 e. The van der Waals surface area contributed by atoms with Crippen LogP contribution in [-0.2, 0) is 4.79 Å². The lowest BCUT2D eigenvalue weighted by Crippen LogP contribution is -2.53. The third-order valence-corrected chi connectivity index (χ3v) is 5.27. The van der Waals surface area contributed by atoms with Gasteiger partial charge in [0.15, 0.2) is 0 Å². The number of unbranched alkanes of at least 4 members (excludes halogenated alkanes) is 1. The van der Waals surface area contributed by atoms with E-state index in [1.165, 1.54) is 45.2 Å². The molecule has 2 heterocycles. The van der Waals surface area contributed by atoms with Gasteiger partial charge in [-0.15, -0.1) is 6.42 Å². The summed E-state index contributed by atoms with van der Waals surface area (Å²) >= 11 is 0. The number of hydrogen-bond acceptors (Lipinski definition) is 3. The molecule has 23 heavy (non-hydrogen) atoms. The lowest BCUT2D eigenvalue weighted by atomic mass is 9.99. The Morgan fingerprint density at radius 3 is 2.65 bits per heavy atom. The van der Waals surface area contributed by atoms with E-state index in [0.29, 0.717) is 12.6 Å². The Bertz CT molecular complexity index is 404. The maximum Gasteiger partial charge on any atom is 0.237 e. The molecule has 130 valence electrons. The summed E-state index contributed by atoms with van der Waals surface area (Å²) in [6.45, 7) is 6.93. The first kappa shape index (κ1) is 18.3. The van der Waals surface area contributed by atoms with Crippen molar-refractivity contribution in [3.63, 3.8) is 0 Å². The fourth-order valence-electron chi connectivity index (χ4n) is 3.88. The summed E-state index contributed by atoms with van der Waals surface area (Å²) < 4.78 is 0. The summed E-state index contributed by atoms with van der Waals surface area (Å²) in [6, 6.07) is 0.497. The number of piperidine rings is 2. The molecule has 0 aromatic heterocycles. The van der Waals surface area contributed by atoms with Gasteiger partial charge >= 0.3 is 0 Å². The number of nitrogens with zero attached hydrogens (tertiary/aromatic N) is 2. The average molecular weight is 319 g/mol. The highest BCUT2D eigenvalue weighted by molar-refractivity contribution is 5.81. The zero-order valence-corrected chi connectivity index (χ0v) is 14.7. The molecule has 1 N–H and O–H groups in total. The number of hydrogen-bond donors (Lipinski definition) is 1. The first-order valence-corrected chi connectivity index (χ1v) is 9.45. The minimum Gasteiger partial charge on any atom is -0.353 e. The van der Waals surface area contributed by atoms with Crippen LogP contribution in [0.3, 0.4) is 0 Å². The van der Waals surface area contributed by atoms with Crippen molar-refractivity contribution < 1.29 is 4.79 Å². The quantitative estimate of drug-likeness (QED) is 0.731. The molecule has 4 nitrogen and oxygen atoms in total. The van der Waals surface area contributed by atoms with E-state index in [1.54, 1.807) is 0 Å². The number of carbonyl (C=O) groups excluding carboxylic acids is 1. The van der Waals surface area contributed by atoms with Crippen LogP contribution in [0.1, 0.15) is 58.3 Å². The zero-order chi connectivity index (χ0) is 16.5. The van der Waals surface area contributed by atoms with E-state index < -0.39 is 0 Å². The number of nitrogens with one attached hydrogen (secondary N) is 1. The number of rotatable bonds is 7. The number of likely N-dealkylation sites (tertiary alicyclic amines) is 2. The fraction of sp³-hybridized carbons (Fsp3) is 0.842. The van der Waals surface area contributed by atoms with Gasteiger partial charge in [-0.1, -0.05) is 32.1 Å². The summed E-state index contributed by atoms with van der Waals surface area (Å²) in [6.07, 6.45) is 15.0. The van der Waals surface area contributed by atoms with Gasteiger partial charge in [0.1, 0.15) is 0 Å². The second-order valence-electron chi connectivity index (χ2n) is 6.97. The van der Waals surface area contributed by atoms with E-state index in [9.17, 15) is 4.79 Å². The van der Waals surface area contributed by atoms with Crippen molar-refractivity contribution >= 4 is 5.91 Å². The second-order valence-corrected chi connectivity index (χ2v) is 6.97. The molecule has 4 heteroatoms. The van der Waals surface area contributed by atoms with Crippen LogP contribution < -0.4 is 5.32 Å². The summed E-state index contributed by atoms with van der Waals surface area (Å²) in [5.74, 6) is 2.88. The smallest absolute Gasteiger partial charge is 0.237 e. The van der Waals surface area contributed by atoms with E-state index in [4.69, 9.17) is 6.42 Å². The van der Waals surface area contributed by atoms with Crippen LogP contribution in [0, 0.1) is 12.3 Å². The Morgan fingerprint density at radius 2 is 1.91 bits per heavy atom. The molecule has 2 aliphatic heterocycles. The minimum absolute atomic E-state index is 0.0208. The molecule has 2 saturated heterocycles. The predicted octanol–water partition coefficient (Wildman–Crippen LogP) is 2.24. The molecule has 0 spiro atoms. The van der Waals surface area contributed by atoms with Crippen molar-refractivity contribution in [2.24, 2.45) is 0 Å². The Morgan fingerprint density at radius 1 is 1.17 bits per heavy atom. The van der Waals surface area contributed by atoms with Gasteiger partial charge in [0.2, 0.25) is 5.91 Å². The lowest BCUT2D eigenvalue weighted by Gasteiger charge is -2.37. The van der Waals surface area contributed by atoms with Crippen LogP contribution >= 0.6 is 0 Å². The maximum atomic E-state index is 12.6. The number of amides is 1. The molecule has 2 unspecified atom stereocenters. The van der Waals surface area contributed by atoms with Crippen LogP contribution in [-0.4, -0.2) is 60.5 Å².